The number of aromatic nitrogens is 4. The number of hydrogen-bond donors (Lipinski definition) is 3. The molecule has 152 valence electrons. The number of hydrogen-bond acceptors (Lipinski definition) is 6. The van der Waals surface area contributed by atoms with E-state index in [0.29, 0.717) is 18.4 Å². The van der Waals surface area contributed by atoms with Gasteiger partial charge in [0.2, 0.25) is 11.9 Å². The lowest BCUT2D eigenvalue weighted by Gasteiger charge is -2.30. The number of imidazole rings is 1. The van der Waals surface area contributed by atoms with Crippen LogP contribution in [0.25, 0.3) is 10.9 Å². The van der Waals surface area contributed by atoms with E-state index in [1.54, 1.807) is 12.5 Å². The first-order valence-electron chi connectivity index (χ1n) is 10.1. The fourth-order valence-corrected chi connectivity index (χ4v) is 3.86. The first-order valence-corrected chi connectivity index (χ1v) is 10.1. The fourth-order valence-electron chi connectivity index (χ4n) is 3.86. The van der Waals surface area contributed by atoms with Gasteiger partial charge in [0.25, 0.3) is 0 Å². The largest absolute Gasteiger partial charge is 0.362 e. The van der Waals surface area contributed by atoms with E-state index in [4.69, 9.17) is 9.97 Å². The molecule has 3 N–H and O–H groups in total. The van der Waals surface area contributed by atoms with Crippen LogP contribution in [0.2, 0.25) is 0 Å². The molecule has 1 aliphatic carbocycles. The van der Waals surface area contributed by atoms with Crippen molar-refractivity contribution in [2.45, 2.75) is 44.2 Å². The summed E-state index contributed by atoms with van der Waals surface area (Å²) in [4.78, 5) is 30.5. The molecule has 1 aliphatic rings. The number of nitrogens with zero attached hydrogens (tertiary/aromatic N) is 4. The lowest BCUT2D eigenvalue weighted by molar-refractivity contribution is -0.121. The minimum absolute atomic E-state index is 0.0409. The molecule has 29 heavy (non-hydrogen) atoms. The molecule has 0 bridgehead atoms. The first-order chi connectivity index (χ1) is 14.1. The number of benzene rings is 1. The van der Waals surface area contributed by atoms with Crippen molar-refractivity contribution in [2.75, 3.05) is 24.3 Å². The monoisotopic (exact) mass is 393 g/mol. The Bertz CT molecular complexity index is 962. The van der Waals surface area contributed by atoms with Crippen molar-refractivity contribution in [2.24, 2.45) is 0 Å². The van der Waals surface area contributed by atoms with Crippen LogP contribution in [0, 0.1) is 0 Å². The Labute approximate surface area is 170 Å². The molecule has 1 fully saturated rings. The number of carbonyl (C=O) groups is 1. The lowest BCUT2D eigenvalue weighted by Crippen LogP contribution is -2.41. The Kier molecular flexibility index (Phi) is 5.59. The van der Waals surface area contributed by atoms with E-state index in [9.17, 15) is 4.79 Å². The number of rotatable bonds is 6. The molecule has 2 aromatic heterocycles. The Morgan fingerprint density at radius 1 is 1.14 bits per heavy atom. The van der Waals surface area contributed by atoms with Crippen molar-refractivity contribution in [3.05, 3.63) is 42.5 Å². The third-order valence-electron chi connectivity index (χ3n) is 5.34. The third-order valence-corrected chi connectivity index (χ3v) is 5.34. The SMILES string of the molecule is CN(C)c1nc(NC2CCC(NC(=O)Cc3cnc[nH]3)CC2)nc2ccccc12. The maximum absolute atomic E-state index is 12.2. The Balaban J connectivity index is 1.34. The molecule has 0 aliphatic heterocycles. The Morgan fingerprint density at radius 2 is 1.90 bits per heavy atom. The predicted octanol–water partition coefficient (Wildman–Crippen LogP) is 2.50. The van der Waals surface area contributed by atoms with E-state index < -0.39 is 0 Å². The summed E-state index contributed by atoms with van der Waals surface area (Å²) in [6, 6.07) is 8.60. The number of para-hydroxylation sites is 1. The zero-order valence-corrected chi connectivity index (χ0v) is 16.9. The standard InChI is InChI=1S/C21H27N7O/c1-28(2)20-17-5-3-4-6-18(17)26-21(27-20)25-15-9-7-14(8-10-15)24-19(29)11-16-12-22-13-23-16/h3-6,12-15H,7-11H2,1-2H3,(H,22,23)(H,24,29)(H,25,26,27). The van der Waals surface area contributed by atoms with Gasteiger partial charge < -0.3 is 20.5 Å². The van der Waals surface area contributed by atoms with Crippen LogP contribution in [-0.2, 0) is 11.2 Å². The maximum atomic E-state index is 12.2. The van der Waals surface area contributed by atoms with Gasteiger partial charge in [-0.05, 0) is 37.8 Å². The van der Waals surface area contributed by atoms with Crippen LogP contribution >= 0.6 is 0 Å². The van der Waals surface area contributed by atoms with E-state index >= 15 is 0 Å². The molecule has 2 heterocycles. The van der Waals surface area contributed by atoms with Gasteiger partial charge in [-0.15, -0.1) is 0 Å². The highest BCUT2D eigenvalue weighted by molar-refractivity contribution is 5.90. The van der Waals surface area contributed by atoms with E-state index in [0.717, 1.165) is 48.1 Å². The number of nitrogens with one attached hydrogen (secondary N) is 3. The van der Waals surface area contributed by atoms with Gasteiger partial charge in [-0.2, -0.15) is 4.98 Å². The number of H-pyrrole nitrogens is 1. The molecule has 3 aromatic rings. The summed E-state index contributed by atoms with van der Waals surface area (Å²) in [6.07, 6.45) is 7.46. The van der Waals surface area contributed by atoms with E-state index in [1.165, 1.54) is 0 Å². The Hall–Kier alpha value is -3.16. The van der Waals surface area contributed by atoms with Gasteiger partial charge >= 0.3 is 0 Å². The molecule has 1 amide bonds. The highest BCUT2D eigenvalue weighted by Crippen LogP contribution is 2.26. The van der Waals surface area contributed by atoms with E-state index in [-0.39, 0.29) is 11.9 Å². The summed E-state index contributed by atoms with van der Waals surface area (Å²) < 4.78 is 0. The number of anilines is 2. The zero-order chi connectivity index (χ0) is 20.2. The van der Waals surface area contributed by atoms with Gasteiger partial charge in [0.1, 0.15) is 5.82 Å². The van der Waals surface area contributed by atoms with E-state index in [1.807, 2.05) is 43.3 Å². The van der Waals surface area contributed by atoms with Crippen molar-refractivity contribution in [1.82, 2.24) is 25.3 Å². The van der Waals surface area contributed by atoms with Gasteiger partial charge in [0.15, 0.2) is 0 Å². The van der Waals surface area contributed by atoms with Crippen LogP contribution in [0.3, 0.4) is 0 Å². The normalized spacial score (nSPS) is 19.1. The molecular weight excluding hydrogens is 366 g/mol. The highest BCUT2D eigenvalue weighted by atomic mass is 16.1. The fraction of sp³-hybridized carbons (Fsp3) is 0.429. The quantitative estimate of drug-likeness (QED) is 0.595. The number of carbonyl (C=O) groups excluding carboxylic acids is 1. The summed E-state index contributed by atoms with van der Waals surface area (Å²) in [5, 5.41) is 7.69. The van der Waals surface area contributed by atoms with Gasteiger partial charge in [-0.1, -0.05) is 12.1 Å². The van der Waals surface area contributed by atoms with Crippen molar-refractivity contribution in [3.63, 3.8) is 0 Å². The average Bonchev–Trinajstić information content (AvgIpc) is 3.21. The van der Waals surface area contributed by atoms with Crippen LogP contribution in [0.5, 0.6) is 0 Å². The summed E-state index contributed by atoms with van der Waals surface area (Å²) in [5.74, 6) is 1.62. The second kappa shape index (κ2) is 8.46. The molecule has 1 saturated carbocycles. The molecule has 0 spiro atoms. The number of aromatic amines is 1. The number of amides is 1. The molecular formula is C21H27N7O. The maximum Gasteiger partial charge on any atom is 0.226 e. The molecule has 0 saturated heterocycles. The second-order valence-corrected chi connectivity index (χ2v) is 7.80. The van der Waals surface area contributed by atoms with Crippen LogP contribution < -0.4 is 15.5 Å². The van der Waals surface area contributed by atoms with Crippen molar-refractivity contribution in [1.29, 1.82) is 0 Å². The topological polar surface area (TPSA) is 98.8 Å². The van der Waals surface area contributed by atoms with Gasteiger partial charge in [0.05, 0.1) is 18.3 Å². The first kappa shape index (κ1) is 19.2. The number of fused-ring (bicyclic) bond motifs is 1. The summed E-state index contributed by atoms with van der Waals surface area (Å²) >= 11 is 0. The molecule has 4 rings (SSSR count). The molecule has 0 atom stereocenters. The molecule has 1 aromatic carbocycles. The van der Waals surface area contributed by atoms with Crippen molar-refractivity contribution < 1.29 is 4.79 Å². The minimum atomic E-state index is 0.0409. The molecule has 8 heteroatoms. The zero-order valence-electron chi connectivity index (χ0n) is 16.9. The van der Waals surface area contributed by atoms with Gasteiger partial charge in [0, 0.05) is 43.5 Å². The predicted molar refractivity (Wildman–Crippen MR) is 114 cm³/mol. The van der Waals surface area contributed by atoms with Crippen LogP contribution in [0.1, 0.15) is 31.4 Å². The smallest absolute Gasteiger partial charge is 0.226 e. The van der Waals surface area contributed by atoms with Crippen LogP contribution in [0.4, 0.5) is 11.8 Å². The summed E-state index contributed by atoms with van der Waals surface area (Å²) in [5.41, 5.74) is 1.77. The second-order valence-electron chi connectivity index (χ2n) is 7.80. The third kappa shape index (κ3) is 4.64. The van der Waals surface area contributed by atoms with Crippen LogP contribution in [0.15, 0.2) is 36.8 Å². The van der Waals surface area contributed by atoms with Gasteiger partial charge in [-0.3, -0.25) is 4.79 Å². The van der Waals surface area contributed by atoms with Crippen LogP contribution in [-0.4, -0.2) is 52.0 Å². The van der Waals surface area contributed by atoms with Crippen molar-refractivity contribution in [3.8, 4) is 0 Å². The van der Waals surface area contributed by atoms with E-state index in [2.05, 4.69) is 20.6 Å². The van der Waals surface area contributed by atoms with Crippen molar-refractivity contribution >= 4 is 28.6 Å². The highest BCUT2D eigenvalue weighted by Gasteiger charge is 2.23. The molecule has 0 radical (unpaired) electrons. The lowest BCUT2D eigenvalue weighted by atomic mass is 9.91. The molecule has 8 nitrogen and oxygen atoms in total. The minimum Gasteiger partial charge on any atom is -0.362 e. The van der Waals surface area contributed by atoms with Gasteiger partial charge in [-0.25, -0.2) is 9.97 Å². The average molecular weight is 393 g/mol. The summed E-state index contributed by atoms with van der Waals surface area (Å²) in [6.45, 7) is 0. The molecule has 0 unspecified atom stereocenters. The Morgan fingerprint density at radius 3 is 2.62 bits per heavy atom. The summed E-state index contributed by atoms with van der Waals surface area (Å²) in [7, 11) is 3.99.